The van der Waals surface area contributed by atoms with Crippen LogP contribution in [0.15, 0.2) is 66.7 Å². The third-order valence-electron chi connectivity index (χ3n) is 3.79. The molecule has 0 amide bonds. The van der Waals surface area contributed by atoms with E-state index in [1.54, 1.807) is 24.3 Å². The highest BCUT2D eigenvalue weighted by Crippen LogP contribution is 2.22. The van der Waals surface area contributed by atoms with Gasteiger partial charge in [0.25, 0.3) is 0 Å². The number of carbonyl (C=O) groups is 1. The van der Waals surface area contributed by atoms with Gasteiger partial charge in [0.15, 0.2) is 0 Å². The minimum absolute atomic E-state index is 0.370. The molecule has 0 aliphatic rings. The van der Waals surface area contributed by atoms with Crippen LogP contribution in [-0.4, -0.2) is 12.6 Å². The first kappa shape index (κ1) is 16.1. The van der Waals surface area contributed by atoms with Gasteiger partial charge >= 0.3 is 5.97 Å². The minimum Gasteiger partial charge on any atom is -0.494 e. The van der Waals surface area contributed by atoms with Gasteiger partial charge in [0.2, 0.25) is 0 Å². The van der Waals surface area contributed by atoms with Crippen LogP contribution in [0.25, 0.3) is 10.8 Å². The van der Waals surface area contributed by atoms with E-state index in [-0.39, 0.29) is 5.97 Å². The lowest BCUT2D eigenvalue weighted by atomic mass is 10.1. The van der Waals surface area contributed by atoms with Crippen molar-refractivity contribution in [3.8, 4) is 11.5 Å². The lowest BCUT2D eigenvalue weighted by Gasteiger charge is -2.08. The number of hydrogen-bond donors (Lipinski definition) is 0. The van der Waals surface area contributed by atoms with Crippen LogP contribution in [0, 0.1) is 0 Å². The van der Waals surface area contributed by atoms with Gasteiger partial charge in [0, 0.05) is 0 Å². The molecule has 0 spiro atoms. The van der Waals surface area contributed by atoms with E-state index < -0.39 is 0 Å². The maximum absolute atomic E-state index is 12.3. The maximum atomic E-state index is 12.3. The predicted octanol–water partition coefficient (Wildman–Crippen LogP) is 5.24. The third-order valence-corrected chi connectivity index (χ3v) is 3.79. The molecule has 3 aromatic carbocycles. The molecular formula is C21H20O3. The van der Waals surface area contributed by atoms with Crippen molar-refractivity contribution < 1.29 is 14.3 Å². The fourth-order valence-electron chi connectivity index (χ4n) is 2.42. The van der Waals surface area contributed by atoms with E-state index >= 15 is 0 Å². The number of hydrogen-bond acceptors (Lipinski definition) is 3. The largest absolute Gasteiger partial charge is 0.494 e. The zero-order valence-corrected chi connectivity index (χ0v) is 13.7. The molecule has 0 heterocycles. The van der Waals surface area contributed by atoms with E-state index in [2.05, 4.69) is 6.92 Å². The standard InChI is InChI=1S/C21H20O3/c1-2-3-14-23-19-11-9-17(10-12-19)21(22)24-20-13-8-16-6-4-5-7-18(16)15-20/h4-13,15H,2-3,14H2,1H3. The Balaban J connectivity index is 1.67. The highest BCUT2D eigenvalue weighted by molar-refractivity contribution is 5.92. The fourth-order valence-corrected chi connectivity index (χ4v) is 2.42. The molecule has 3 heteroatoms. The summed E-state index contributed by atoms with van der Waals surface area (Å²) in [4.78, 5) is 12.3. The summed E-state index contributed by atoms with van der Waals surface area (Å²) in [6.07, 6.45) is 2.11. The number of carbonyl (C=O) groups excluding carboxylic acids is 1. The van der Waals surface area contributed by atoms with Crippen LogP contribution >= 0.6 is 0 Å². The summed E-state index contributed by atoms with van der Waals surface area (Å²) in [5.41, 5.74) is 0.506. The Morgan fingerprint density at radius 2 is 1.58 bits per heavy atom. The second kappa shape index (κ2) is 7.64. The first-order chi connectivity index (χ1) is 11.8. The molecule has 24 heavy (non-hydrogen) atoms. The summed E-state index contributed by atoms with van der Waals surface area (Å²) in [6, 6.07) is 20.6. The first-order valence-electron chi connectivity index (χ1n) is 8.20. The number of esters is 1. The van der Waals surface area contributed by atoms with E-state index in [1.807, 2.05) is 42.5 Å². The average molecular weight is 320 g/mol. The van der Waals surface area contributed by atoms with Gasteiger partial charge in [0.05, 0.1) is 12.2 Å². The molecule has 0 atom stereocenters. The SMILES string of the molecule is CCCCOc1ccc(C(=O)Oc2ccc3ccccc3c2)cc1. The average Bonchev–Trinajstić information content (AvgIpc) is 2.62. The molecule has 3 nitrogen and oxygen atoms in total. The maximum Gasteiger partial charge on any atom is 0.343 e. The molecule has 3 aromatic rings. The molecule has 0 aliphatic heterocycles. The zero-order valence-electron chi connectivity index (χ0n) is 13.7. The highest BCUT2D eigenvalue weighted by Gasteiger charge is 2.09. The van der Waals surface area contributed by atoms with Crippen molar-refractivity contribution in [2.24, 2.45) is 0 Å². The minimum atomic E-state index is -0.370. The quantitative estimate of drug-likeness (QED) is 0.354. The van der Waals surface area contributed by atoms with E-state index in [0.29, 0.717) is 17.9 Å². The number of benzene rings is 3. The summed E-state index contributed by atoms with van der Waals surface area (Å²) >= 11 is 0. The van der Waals surface area contributed by atoms with Crippen LogP contribution in [0.5, 0.6) is 11.5 Å². The molecule has 3 rings (SSSR count). The molecule has 0 N–H and O–H groups in total. The number of fused-ring (bicyclic) bond motifs is 1. The fraction of sp³-hybridized carbons (Fsp3) is 0.190. The van der Waals surface area contributed by atoms with Gasteiger partial charge in [-0.3, -0.25) is 0 Å². The van der Waals surface area contributed by atoms with Gasteiger partial charge in [-0.25, -0.2) is 4.79 Å². The van der Waals surface area contributed by atoms with Crippen molar-refractivity contribution in [1.82, 2.24) is 0 Å². The zero-order chi connectivity index (χ0) is 16.8. The van der Waals surface area contributed by atoms with E-state index in [0.717, 1.165) is 29.4 Å². The molecule has 0 aromatic heterocycles. The predicted molar refractivity (Wildman–Crippen MR) is 95.8 cm³/mol. The van der Waals surface area contributed by atoms with Crippen LogP contribution in [0.2, 0.25) is 0 Å². The molecule has 0 unspecified atom stereocenters. The molecular weight excluding hydrogens is 300 g/mol. The topological polar surface area (TPSA) is 35.5 Å². The summed E-state index contributed by atoms with van der Waals surface area (Å²) in [5.74, 6) is 0.943. The summed E-state index contributed by atoms with van der Waals surface area (Å²) in [6.45, 7) is 2.81. The Hall–Kier alpha value is -2.81. The van der Waals surface area contributed by atoms with Crippen LogP contribution in [0.1, 0.15) is 30.1 Å². The molecule has 0 saturated carbocycles. The summed E-state index contributed by atoms with van der Waals surface area (Å²) < 4.78 is 11.1. The molecule has 0 bridgehead atoms. The van der Waals surface area contributed by atoms with Gasteiger partial charge in [-0.15, -0.1) is 0 Å². The number of ether oxygens (including phenoxy) is 2. The number of unbranched alkanes of at least 4 members (excludes halogenated alkanes) is 1. The van der Waals surface area contributed by atoms with Crippen LogP contribution in [0.3, 0.4) is 0 Å². The van der Waals surface area contributed by atoms with Crippen molar-refractivity contribution in [3.63, 3.8) is 0 Å². The van der Waals surface area contributed by atoms with Crippen molar-refractivity contribution in [1.29, 1.82) is 0 Å². The van der Waals surface area contributed by atoms with Gasteiger partial charge in [-0.1, -0.05) is 43.7 Å². The normalized spacial score (nSPS) is 10.5. The Bertz CT molecular complexity index is 822. The second-order valence-corrected chi connectivity index (χ2v) is 5.62. The molecule has 122 valence electrons. The summed E-state index contributed by atoms with van der Waals surface area (Å²) in [5, 5.41) is 2.16. The molecule has 0 radical (unpaired) electrons. The van der Waals surface area contributed by atoms with Crippen LogP contribution in [0.4, 0.5) is 0 Å². The molecule has 0 fully saturated rings. The lowest BCUT2D eigenvalue weighted by molar-refractivity contribution is 0.0735. The van der Waals surface area contributed by atoms with E-state index in [9.17, 15) is 4.79 Å². The second-order valence-electron chi connectivity index (χ2n) is 5.62. The van der Waals surface area contributed by atoms with Crippen molar-refractivity contribution >= 4 is 16.7 Å². The van der Waals surface area contributed by atoms with Gasteiger partial charge < -0.3 is 9.47 Å². The molecule has 0 aliphatic carbocycles. The van der Waals surface area contributed by atoms with Crippen LogP contribution < -0.4 is 9.47 Å². The monoisotopic (exact) mass is 320 g/mol. The van der Waals surface area contributed by atoms with E-state index in [4.69, 9.17) is 9.47 Å². The van der Waals surface area contributed by atoms with E-state index in [1.165, 1.54) is 0 Å². The smallest absolute Gasteiger partial charge is 0.343 e. The lowest BCUT2D eigenvalue weighted by Crippen LogP contribution is -2.08. The third kappa shape index (κ3) is 3.93. The highest BCUT2D eigenvalue weighted by atomic mass is 16.5. The van der Waals surface area contributed by atoms with Gasteiger partial charge in [0.1, 0.15) is 11.5 Å². The first-order valence-corrected chi connectivity index (χ1v) is 8.20. The molecule has 0 saturated heterocycles. The van der Waals surface area contributed by atoms with Crippen molar-refractivity contribution in [2.75, 3.05) is 6.61 Å². The van der Waals surface area contributed by atoms with Crippen molar-refractivity contribution in [3.05, 3.63) is 72.3 Å². The Morgan fingerprint density at radius 1 is 0.875 bits per heavy atom. The number of rotatable bonds is 6. The van der Waals surface area contributed by atoms with Gasteiger partial charge in [-0.2, -0.15) is 0 Å². The Morgan fingerprint density at radius 3 is 2.33 bits per heavy atom. The Kier molecular flexibility index (Phi) is 5.12. The Labute approximate surface area is 141 Å². The van der Waals surface area contributed by atoms with Crippen molar-refractivity contribution in [2.45, 2.75) is 19.8 Å². The van der Waals surface area contributed by atoms with Crippen LogP contribution in [-0.2, 0) is 0 Å². The summed E-state index contributed by atoms with van der Waals surface area (Å²) in [7, 11) is 0. The van der Waals surface area contributed by atoms with Gasteiger partial charge in [-0.05, 0) is 53.6 Å².